The molecule has 1 aromatic heterocycles. The van der Waals surface area contributed by atoms with Crippen molar-refractivity contribution >= 4 is 26.0 Å². The Bertz CT molecular complexity index is 827. The molecule has 0 bridgehead atoms. The highest BCUT2D eigenvalue weighted by Gasteiger charge is 2.34. The van der Waals surface area contributed by atoms with Crippen molar-refractivity contribution in [2.45, 2.75) is 24.7 Å². The molecule has 1 heterocycles. The number of alkyl halides is 3. The van der Waals surface area contributed by atoms with Gasteiger partial charge in [0.2, 0.25) is 10.0 Å². The molecule has 1 N–H and O–H groups in total. The molecule has 24 heavy (non-hydrogen) atoms. The fourth-order valence-corrected chi connectivity index (χ4v) is 3.11. The quantitative estimate of drug-likeness (QED) is 0.796. The van der Waals surface area contributed by atoms with E-state index in [4.69, 9.17) is 0 Å². The van der Waals surface area contributed by atoms with Crippen LogP contribution in [0.2, 0.25) is 0 Å². The first kappa shape index (κ1) is 18.6. The van der Waals surface area contributed by atoms with Gasteiger partial charge in [-0.1, -0.05) is 15.9 Å². The number of nitrogens with zero attached hydrogens (tertiary/aromatic N) is 2. The van der Waals surface area contributed by atoms with Gasteiger partial charge in [0.15, 0.2) is 5.75 Å². The summed E-state index contributed by atoms with van der Waals surface area (Å²) >= 11 is 2.97. The third-order valence-corrected chi connectivity index (χ3v) is 4.63. The highest BCUT2D eigenvalue weighted by molar-refractivity contribution is 9.10. The minimum absolute atomic E-state index is 0.225. The van der Waals surface area contributed by atoms with Crippen molar-refractivity contribution in [3.8, 4) is 5.75 Å². The molecule has 0 atom stereocenters. The molecule has 0 fully saturated rings. The SMILES string of the molecule is Cc1cnc(CNS(=O)(=O)c2ccc(Br)cc2OC(F)(F)F)cn1. The second-order valence-corrected chi connectivity index (χ2v) is 7.26. The third kappa shape index (κ3) is 5.14. The highest BCUT2D eigenvalue weighted by atomic mass is 79.9. The van der Waals surface area contributed by atoms with Crippen LogP contribution in [-0.2, 0) is 16.6 Å². The maximum Gasteiger partial charge on any atom is 0.573 e. The van der Waals surface area contributed by atoms with E-state index in [1.807, 2.05) is 0 Å². The van der Waals surface area contributed by atoms with Crippen LogP contribution in [0.3, 0.4) is 0 Å². The molecule has 0 amide bonds. The van der Waals surface area contributed by atoms with Gasteiger partial charge in [-0.15, -0.1) is 13.2 Å². The van der Waals surface area contributed by atoms with Gasteiger partial charge in [0.1, 0.15) is 4.90 Å². The molecule has 11 heteroatoms. The van der Waals surface area contributed by atoms with Crippen LogP contribution in [0.5, 0.6) is 5.75 Å². The van der Waals surface area contributed by atoms with Crippen LogP contribution in [0, 0.1) is 6.92 Å². The summed E-state index contributed by atoms with van der Waals surface area (Å²) in [5.74, 6) is -0.834. The lowest BCUT2D eigenvalue weighted by Gasteiger charge is -2.14. The first-order valence-electron chi connectivity index (χ1n) is 6.39. The Hall–Kier alpha value is -1.72. The summed E-state index contributed by atoms with van der Waals surface area (Å²) in [5.41, 5.74) is 0.968. The summed E-state index contributed by atoms with van der Waals surface area (Å²) in [5, 5.41) is 0. The number of hydrogen-bond acceptors (Lipinski definition) is 5. The molecule has 1 aromatic carbocycles. The van der Waals surface area contributed by atoms with E-state index in [-0.39, 0.29) is 11.0 Å². The summed E-state index contributed by atoms with van der Waals surface area (Å²) in [6.45, 7) is 1.49. The van der Waals surface area contributed by atoms with Gasteiger partial charge in [0, 0.05) is 10.7 Å². The molecule has 0 aliphatic carbocycles. The van der Waals surface area contributed by atoms with Crippen LogP contribution < -0.4 is 9.46 Å². The second-order valence-electron chi connectivity index (χ2n) is 4.61. The lowest BCUT2D eigenvalue weighted by molar-refractivity contribution is -0.275. The van der Waals surface area contributed by atoms with Crippen LogP contribution in [-0.4, -0.2) is 24.7 Å². The van der Waals surface area contributed by atoms with Gasteiger partial charge in [-0.2, -0.15) is 0 Å². The number of nitrogens with one attached hydrogen (secondary N) is 1. The van der Waals surface area contributed by atoms with Crippen LogP contribution in [0.4, 0.5) is 13.2 Å². The molecular weight excluding hydrogens is 415 g/mol. The summed E-state index contributed by atoms with van der Waals surface area (Å²) in [6.07, 6.45) is -2.21. The van der Waals surface area contributed by atoms with E-state index < -0.39 is 27.0 Å². The van der Waals surface area contributed by atoms with Crippen molar-refractivity contribution in [3.63, 3.8) is 0 Å². The van der Waals surface area contributed by atoms with Crippen molar-refractivity contribution in [1.82, 2.24) is 14.7 Å². The smallest absolute Gasteiger partial charge is 0.404 e. The monoisotopic (exact) mass is 425 g/mol. The Kier molecular flexibility index (Phi) is 5.45. The Morgan fingerprint density at radius 1 is 1.25 bits per heavy atom. The van der Waals surface area contributed by atoms with Crippen molar-refractivity contribution in [2.24, 2.45) is 0 Å². The highest BCUT2D eigenvalue weighted by Crippen LogP contribution is 2.32. The number of benzene rings is 1. The lowest BCUT2D eigenvalue weighted by atomic mass is 10.3. The van der Waals surface area contributed by atoms with Gasteiger partial charge in [-0.25, -0.2) is 13.1 Å². The summed E-state index contributed by atoms with van der Waals surface area (Å²) in [4.78, 5) is 7.28. The van der Waals surface area contributed by atoms with Crippen LogP contribution in [0.25, 0.3) is 0 Å². The number of hydrogen-bond donors (Lipinski definition) is 1. The zero-order valence-electron chi connectivity index (χ0n) is 12.1. The van der Waals surface area contributed by atoms with Crippen molar-refractivity contribution in [1.29, 1.82) is 0 Å². The molecule has 0 saturated heterocycles. The van der Waals surface area contributed by atoms with Crippen molar-refractivity contribution in [2.75, 3.05) is 0 Å². The summed E-state index contributed by atoms with van der Waals surface area (Å²) < 4.78 is 68.1. The maximum atomic E-state index is 12.5. The predicted octanol–water partition coefficient (Wildman–Crippen LogP) is 2.92. The molecule has 2 aromatic rings. The summed E-state index contributed by atoms with van der Waals surface area (Å²) in [7, 11) is -4.25. The van der Waals surface area contributed by atoms with Crippen LogP contribution in [0.15, 0.2) is 40.0 Å². The molecule has 0 saturated carbocycles. The summed E-state index contributed by atoms with van der Waals surface area (Å²) in [6, 6.07) is 3.23. The number of halogens is 4. The molecule has 6 nitrogen and oxygen atoms in total. The number of aryl methyl sites for hydroxylation is 1. The largest absolute Gasteiger partial charge is 0.573 e. The van der Waals surface area contributed by atoms with Gasteiger partial charge in [-0.3, -0.25) is 9.97 Å². The zero-order chi connectivity index (χ0) is 18.0. The molecular formula is C13H11BrF3N3O3S. The molecule has 130 valence electrons. The minimum Gasteiger partial charge on any atom is -0.404 e. The average Bonchev–Trinajstić information content (AvgIpc) is 2.45. The standard InChI is InChI=1S/C13H11BrF3N3O3S/c1-8-5-19-10(6-18-8)7-20-24(21,22)12-3-2-9(14)4-11(12)23-13(15,16)17/h2-6,20H,7H2,1H3. The number of sulfonamides is 1. The van der Waals surface area contributed by atoms with Crippen LogP contribution >= 0.6 is 15.9 Å². The van der Waals surface area contributed by atoms with Crippen molar-refractivity contribution < 1.29 is 26.3 Å². The first-order chi connectivity index (χ1) is 11.1. The third-order valence-electron chi connectivity index (χ3n) is 2.70. The van der Waals surface area contributed by atoms with Crippen LogP contribution in [0.1, 0.15) is 11.4 Å². The van der Waals surface area contributed by atoms with E-state index in [1.165, 1.54) is 18.5 Å². The Labute approximate surface area is 144 Å². The van der Waals surface area contributed by atoms with Gasteiger partial charge in [0.05, 0.1) is 24.1 Å². The van der Waals surface area contributed by atoms with Gasteiger partial charge < -0.3 is 4.74 Å². The molecule has 2 rings (SSSR count). The average molecular weight is 426 g/mol. The first-order valence-corrected chi connectivity index (χ1v) is 8.67. The number of ether oxygens (including phenoxy) is 1. The fraction of sp³-hybridized carbons (Fsp3) is 0.231. The Morgan fingerprint density at radius 2 is 1.96 bits per heavy atom. The van der Waals surface area contributed by atoms with E-state index in [1.54, 1.807) is 6.92 Å². The zero-order valence-corrected chi connectivity index (χ0v) is 14.5. The molecule has 0 unspecified atom stereocenters. The van der Waals surface area contributed by atoms with E-state index in [0.29, 0.717) is 11.4 Å². The van der Waals surface area contributed by atoms with E-state index >= 15 is 0 Å². The van der Waals surface area contributed by atoms with Crippen molar-refractivity contribution in [3.05, 3.63) is 46.5 Å². The second kappa shape index (κ2) is 7.03. The number of rotatable bonds is 5. The van der Waals surface area contributed by atoms with E-state index in [2.05, 4.69) is 35.4 Å². The topological polar surface area (TPSA) is 81.2 Å². The predicted molar refractivity (Wildman–Crippen MR) is 81.6 cm³/mol. The Balaban J connectivity index is 2.26. The van der Waals surface area contributed by atoms with Gasteiger partial charge in [0.25, 0.3) is 0 Å². The molecule has 0 radical (unpaired) electrons. The number of aromatic nitrogens is 2. The normalized spacial score (nSPS) is 12.2. The van der Waals surface area contributed by atoms with Gasteiger partial charge >= 0.3 is 6.36 Å². The van der Waals surface area contributed by atoms with E-state index in [0.717, 1.165) is 12.1 Å². The molecule has 0 spiro atoms. The van der Waals surface area contributed by atoms with E-state index in [9.17, 15) is 21.6 Å². The minimum atomic E-state index is -5.02. The lowest BCUT2D eigenvalue weighted by Crippen LogP contribution is -2.26. The maximum absolute atomic E-state index is 12.5. The molecule has 0 aliphatic heterocycles. The molecule has 0 aliphatic rings. The van der Waals surface area contributed by atoms with Gasteiger partial charge in [-0.05, 0) is 25.1 Å². The Morgan fingerprint density at radius 3 is 2.54 bits per heavy atom. The fourth-order valence-electron chi connectivity index (χ4n) is 1.67.